The van der Waals surface area contributed by atoms with Crippen molar-refractivity contribution < 1.29 is 4.79 Å². The van der Waals surface area contributed by atoms with Crippen molar-refractivity contribution in [2.45, 2.75) is 6.42 Å². The Labute approximate surface area is 70.1 Å². The molecule has 0 atom stereocenters. The number of nitrogens with zero attached hydrogens (tertiary/aromatic N) is 2. The van der Waals surface area contributed by atoms with Gasteiger partial charge in [0.25, 0.3) is 0 Å². The van der Waals surface area contributed by atoms with Gasteiger partial charge in [-0.25, -0.2) is 9.98 Å². The lowest BCUT2D eigenvalue weighted by molar-refractivity contribution is -0.117. The van der Waals surface area contributed by atoms with E-state index in [1.807, 2.05) is 0 Å². The van der Waals surface area contributed by atoms with E-state index in [4.69, 9.17) is 5.73 Å². The van der Waals surface area contributed by atoms with Gasteiger partial charge >= 0.3 is 0 Å². The molecule has 0 fully saturated rings. The first-order chi connectivity index (χ1) is 5.72. The fraction of sp³-hybridized carbons (Fsp3) is 0.125. The van der Waals surface area contributed by atoms with Gasteiger partial charge in [0.1, 0.15) is 5.82 Å². The van der Waals surface area contributed by atoms with Crippen LogP contribution in [0.2, 0.25) is 0 Å². The molecule has 0 aliphatic heterocycles. The highest BCUT2D eigenvalue weighted by atomic mass is 16.1. The number of hydrogen-bond acceptors (Lipinski definition) is 3. The lowest BCUT2D eigenvalue weighted by Crippen LogP contribution is -1.99. The predicted octanol–water partition coefficient (Wildman–Crippen LogP) is 0.433. The molecule has 0 bridgehead atoms. The average Bonchev–Trinajstić information content (AvgIpc) is 2.09. The maximum absolute atomic E-state index is 10.8. The van der Waals surface area contributed by atoms with E-state index in [1.165, 1.54) is 0 Å². The Bertz CT molecular complexity index is 292. The molecule has 62 valence electrons. The molecule has 0 aliphatic carbocycles. The van der Waals surface area contributed by atoms with Crippen molar-refractivity contribution in [1.82, 2.24) is 4.98 Å². The van der Waals surface area contributed by atoms with E-state index in [0.29, 0.717) is 5.82 Å². The number of nitrogens with two attached hydrogens (primary N) is 1. The first-order valence-corrected chi connectivity index (χ1v) is 3.42. The second-order valence-corrected chi connectivity index (χ2v) is 2.32. The molecule has 1 rings (SSSR count). The van der Waals surface area contributed by atoms with Crippen LogP contribution in [0.25, 0.3) is 0 Å². The van der Waals surface area contributed by atoms with Crippen LogP contribution >= 0.6 is 0 Å². The van der Waals surface area contributed by atoms with Gasteiger partial charge in [-0.15, -0.1) is 0 Å². The molecule has 0 unspecified atom stereocenters. The lowest BCUT2D eigenvalue weighted by Gasteiger charge is -1.96. The Morgan fingerprint density at radius 1 is 1.67 bits per heavy atom. The average molecular weight is 163 g/mol. The molecule has 12 heavy (non-hydrogen) atoms. The maximum atomic E-state index is 10.8. The Morgan fingerprint density at radius 3 is 2.92 bits per heavy atom. The number of pyridine rings is 1. The van der Waals surface area contributed by atoms with Gasteiger partial charge in [0.05, 0.1) is 6.42 Å². The summed E-state index contributed by atoms with van der Waals surface area (Å²) >= 11 is 0. The third-order valence-electron chi connectivity index (χ3n) is 1.38. The summed E-state index contributed by atoms with van der Waals surface area (Å²) in [6.45, 7) is 3.13. The molecule has 0 radical (unpaired) electrons. The predicted molar refractivity (Wildman–Crippen MR) is 46.9 cm³/mol. The molecule has 0 saturated heterocycles. The highest BCUT2D eigenvalue weighted by Crippen LogP contribution is 2.02. The molecule has 1 heterocycles. The van der Waals surface area contributed by atoms with Gasteiger partial charge in [-0.2, -0.15) is 0 Å². The highest BCUT2D eigenvalue weighted by Gasteiger charge is 1.99. The SMILES string of the molecule is C=NC(=O)Cc1ccc(N)nc1. The van der Waals surface area contributed by atoms with Crippen LogP contribution in [0.4, 0.5) is 5.82 Å². The van der Waals surface area contributed by atoms with Crippen LogP contribution in [0.15, 0.2) is 23.3 Å². The van der Waals surface area contributed by atoms with Crippen molar-refractivity contribution in [3.05, 3.63) is 23.9 Å². The van der Waals surface area contributed by atoms with Crippen molar-refractivity contribution in [3.8, 4) is 0 Å². The van der Waals surface area contributed by atoms with Gasteiger partial charge in [0, 0.05) is 6.20 Å². The number of rotatable bonds is 2. The third kappa shape index (κ3) is 2.16. The number of hydrogen-bond donors (Lipinski definition) is 1. The number of carbonyl (C=O) groups is 1. The molecule has 0 aromatic carbocycles. The zero-order chi connectivity index (χ0) is 8.97. The molecule has 1 amide bonds. The van der Waals surface area contributed by atoms with E-state index >= 15 is 0 Å². The van der Waals surface area contributed by atoms with E-state index < -0.39 is 0 Å². The Morgan fingerprint density at radius 2 is 2.42 bits per heavy atom. The summed E-state index contributed by atoms with van der Waals surface area (Å²) in [5.74, 6) is 0.180. The van der Waals surface area contributed by atoms with Crippen LogP contribution in [0.5, 0.6) is 0 Å². The summed E-state index contributed by atoms with van der Waals surface area (Å²) in [4.78, 5) is 17.9. The first-order valence-electron chi connectivity index (χ1n) is 3.42. The third-order valence-corrected chi connectivity index (χ3v) is 1.38. The number of carbonyl (C=O) groups excluding carboxylic acids is 1. The molecule has 1 aromatic heterocycles. The zero-order valence-corrected chi connectivity index (χ0v) is 6.53. The van der Waals surface area contributed by atoms with E-state index in [0.717, 1.165) is 5.56 Å². The Kier molecular flexibility index (Phi) is 2.53. The molecule has 4 heteroatoms. The van der Waals surface area contributed by atoms with E-state index in [-0.39, 0.29) is 12.3 Å². The van der Waals surface area contributed by atoms with Crippen LogP contribution in [-0.4, -0.2) is 17.6 Å². The molecular weight excluding hydrogens is 154 g/mol. The molecule has 0 aliphatic rings. The van der Waals surface area contributed by atoms with Crippen molar-refractivity contribution in [3.63, 3.8) is 0 Å². The van der Waals surface area contributed by atoms with Gasteiger partial charge < -0.3 is 5.73 Å². The molecule has 2 N–H and O–H groups in total. The van der Waals surface area contributed by atoms with Gasteiger partial charge in [0.2, 0.25) is 5.91 Å². The number of anilines is 1. The summed E-state index contributed by atoms with van der Waals surface area (Å²) in [7, 11) is 0. The monoisotopic (exact) mass is 163 g/mol. The minimum Gasteiger partial charge on any atom is -0.384 e. The summed E-state index contributed by atoms with van der Waals surface area (Å²) in [5.41, 5.74) is 6.15. The first kappa shape index (κ1) is 8.39. The van der Waals surface area contributed by atoms with E-state index in [9.17, 15) is 4.79 Å². The van der Waals surface area contributed by atoms with Crippen molar-refractivity contribution >= 4 is 18.4 Å². The second-order valence-electron chi connectivity index (χ2n) is 2.32. The number of amides is 1. The standard InChI is InChI=1S/C8H9N3O/c1-10-8(12)4-6-2-3-7(9)11-5-6/h2-3,5H,1,4H2,(H2,9,11). The van der Waals surface area contributed by atoms with Crippen LogP contribution in [0.1, 0.15) is 5.56 Å². The van der Waals surface area contributed by atoms with Gasteiger partial charge in [-0.3, -0.25) is 4.79 Å². The normalized spacial score (nSPS) is 9.33. The smallest absolute Gasteiger partial charge is 0.249 e. The van der Waals surface area contributed by atoms with Crippen LogP contribution in [0, 0.1) is 0 Å². The highest BCUT2D eigenvalue weighted by molar-refractivity contribution is 5.82. The molecule has 1 aromatic rings. The number of nitrogen functional groups attached to an aromatic ring is 1. The Hall–Kier alpha value is -1.71. The van der Waals surface area contributed by atoms with Crippen molar-refractivity contribution in [1.29, 1.82) is 0 Å². The van der Waals surface area contributed by atoms with Crippen LogP contribution < -0.4 is 5.73 Å². The summed E-state index contributed by atoms with van der Waals surface area (Å²) in [5, 5.41) is 0. The summed E-state index contributed by atoms with van der Waals surface area (Å²) < 4.78 is 0. The minimum absolute atomic E-state index is 0.233. The van der Waals surface area contributed by atoms with Crippen LogP contribution in [0.3, 0.4) is 0 Å². The zero-order valence-electron chi connectivity index (χ0n) is 6.53. The molecular formula is C8H9N3O. The quantitative estimate of drug-likeness (QED) is 0.643. The van der Waals surface area contributed by atoms with Gasteiger partial charge in [-0.05, 0) is 18.3 Å². The van der Waals surface area contributed by atoms with Crippen LogP contribution in [-0.2, 0) is 11.2 Å². The summed E-state index contributed by atoms with van der Waals surface area (Å²) in [6, 6.07) is 3.39. The lowest BCUT2D eigenvalue weighted by atomic mass is 10.2. The topological polar surface area (TPSA) is 68.3 Å². The van der Waals surface area contributed by atoms with Crippen molar-refractivity contribution in [2.24, 2.45) is 4.99 Å². The maximum Gasteiger partial charge on any atom is 0.249 e. The number of aliphatic imine (C=N–C) groups is 1. The van der Waals surface area contributed by atoms with Gasteiger partial charge in [-0.1, -0.05) is 6.07 Å². The van der Waals surface area contributed by atoms with Gasteiger partial charge in [0.15, 0.2) is 0 Å². The molecule has 4 nitrogen and oxygen atoms in total. The minimum atomic E-state index is -0.262. The number of aromatic nitrogens is 1. The molecule has 0 spiro atoms. The fourth-order valence-corrected chi connectivity index (χ4v) is 0.771. The largest absolute Gasteiger partial charge is 0.384 e. The van der Waals surface area contributed by atoms with E-state index in [2.05, 4.69) is 16.7 Å². The summed E-state index contributed by atoms with van der Waals surface area (Å²) in [6.07, 6.45) is 1.79. The van der Waals surface area contributed by atoms with E-state index in [1.54, 1.807) is 18.3 Å². The second kappa shape index (κ2) is 3.61. The molecule has 0 saturated carbocycles. The fourth-order valence-electron chi connectivity index (χ4n) is 0.771. The van der Waals surface area contributed by atoms with Crippen molar-refractivity contribution in [2.75, 3.05) is 5.73 Å². The Balaban J connectivity index is 2.71.